The molecule has 0 aliphatic rings. The maximum absolute atomic E-state index is 12.6. The van der Waals surface area contributed by atoms with Crippen molar-refractivity contribution >= 4 is 0 Å². The highest BCUT2D eigenvalue weighted by atomic mass is 19.4. The third-order valence-electron chi connectivity index (χ3n) is 3.56. The molecule has 1 rings (SSSR count). The molecule has 7 heteroatoms. The Morgan fingerprint density at radius 2 is 1.38 bits per heavy atom. The van der Waals surface area contributed by atoms with Gasteiger partial charge in [-0.05, 0) is 23.5 Å². The van der Waals surface area contributed by atoms with Crippen molar-refractivity contribution < 1.29 is 31.4 Å². The van der Waals surface area contributed by atoms with Crippen LogP contribution in [-0.2, 0) is 6.42 Å². The number of halogens is 6. The van der Waals surface area contributed by atoms with E-state index in [1.165, 1.54) is 24.3 Å². The zero-order valence-electron chi connectivity index (χ0n) is 11.5. The molecule has 0 saturated carbocycles. The van der Waals surface area contributed by atoms with E-state index in [0.717, 1.165) is 12.0 Å². The quantitative estimate of drug-likeness (QED) is 0.805. The van der Waals surface area contributed by atoms with Gasteiger partial charge in [-0.15, -0.1) is 0 Å². The summed E-state index contributed by atoms with van der Waals surface area (Å²) in [6, 6.07) is 5.33. The smallest absolute Gasteiger partial charge is 0.373 e. The van der Waals surface area contributed by atoms with Gasteiger partial charge < -0.3 is 5.11 Å². The maximum atomic E-state index is 12.6. The van der Waals surface area contributed by atoms with Crippen LogP contribution in [0.2, 0.25) is 0 Å². The van der Waals surface area contributed by atoms with Crippen molar-refractivity contribution in [3.8, 4) is 0 Å². The number of alkyl halides is 6. The normalized spacial score (nSPS) is 15.1. The topological polar surface area (TPSA) is 20.2 Å². The van der Waals surface area contributed by atoms with E-state index in [2.05, 4.69) is 0 Å². The molecule has 1 aromatic rings. The zero-order valence-corrected chi connectivity index (χ0v) is 11.5. The van der Waals surface area contributed by atoms with Gasteiger partial charge in [-0.1, -0.05) is 38.1 Å². The van der Waals surface area contributed by atoms with E-state index < -0.39 is 24.4 Å². The lowest BCUT2D eigenvalue weighted by Gasteiger charge is -2.32. The van der Waals surface area contributed by atoms with E-state index in [4.69, 9.17) is 5.11 Å². The summed E-state index contributed by atoms with van der Waals surface area (Å²) in [6.07, 6.45) is -12.3. The summed E-state index contributed by atoms with van der Waals surface area (Å²) >= 11 is 0. The Bertz CT molecular complexity index is 446. The molecule has 0 spiro atoms. The third-order valence-corrected chi connectivity index (χ3v) is 3.56. The third kappa shape index (κ3) is 3.70. The molecule has 0 aromatic heterocycles. The SMILES string of the molecule is CCC(C)c1ccc(CC(O)(C(F)(F)F)C(F)(F)F)cc1. The van der Waals surface area contributed by atoms with Crippen LogP contribution in [0.1, 0.15) is 37.3 Å². The Morgan fingerprint density at radius 3 is 1.71 bits per heavy atom. The summed E-state index contributed by atoms with van der Waals surface area (Å²) in [6.45, 7) is 3.82. The van der Waals surface area contributed by atoms with Crippen LogP contribution in [0, 0.1) is 0 Å². The molecule has 0 aliphatic heterocycles. The van der Waals surface area contributed by atoms with Crippen LogP contribution in [0.5, 0.6) is 0 Å². The Labute approximate surface area is 118 Å². The molecule has 0 bridgehead atoms. The molecule has 0 saturated heterocycles. The fraction of sp³-hybridized carbons (Fsp3) is 0.571. The zero-order chi connectivity index (χ0) is 16.5. The highest BCUT2D eigenvalue weighted by molar-refractivity contribution is 5.26. The molecule has 1 nitrogen and oxygen atoms in total. The second-order valence-corrected chi connectivity index (χ2v) is 5.08. The fourth-order valence-corrected chi connectivity index (χ4v) is 1.86. The number of rotatable bonds is 4. The molecule has 0 fully saturated rings. The summed E-state index contributed by atoms with van der Waals surface area (Å²) in [5.41, 5.74) is -4.14. The minimum absolute atomic E-state index is 0.156. The molecule has 0 heterocycles. The molecule has 1 aromatic carbocycles. The van der Waals surface area contributed by atoms with E-state index >= 15 is 0 Å². The predicted octanol–water partition coefficient (Wildman–Crippen LogP) is 4.60. The Hall–Kier alpha value is -1.24. The van der Waals surface area contributed by atoms with Crippen molar-refractivity contribution in [3.63, 3.8) is 0 Å². The van der Waals surface area contributed by atoms with E-state index in [1.807, 2.05) is 13.8 Å². The van der Waals surface area contributed by atoms with Crippen LogP contribution >= 0.6 is 0 Å². The largest absolute Gasteiger partial charge is 0.426 e. The standard InChI is InChI=1S/C14H16F6O/c1-3-9(2)11-6-4-10(5-7-11)8-12(21,13(15,16)17)14(18,19)20/h4-7,9,21H,3,8H2,1-2H3. The number of aliphatic hydroxyl groups is 1. The molecule has 1 unspecified atom stereocenters. The average Bonchev–Trinajstić information content (AvgIpc) is 2.36. The molecule has 1 N–H and O–H groups in total. The van der Waals surface area contributed by atoms with Crippen LogP contribution in [0.4, 0.5) is 26.3 Å². The van der Waals surface area contributed by atoms with Gasteiger partial charge in [-0.25, -0.2) is 0 Å². The van der Waals surface area contributed by atoms with Crippen LogP contribution in [0.3, 0.4) is 0 Å². The summed E-state index contributed by atoms with van der Waals surface area (Å²) in [5, 5.41) is 9.11. The first-order chi connectivity index (χ1) is 9.42. The van der Waals surface area contributed by atoms with Crippen molar-refractivity contribution in [2.45, 2.75) is 50.6 Å². The van der Waals surface area contributed by atoms with Crippen LogP contribution in [0.25, 0.3) is 0 Å². The second-order valence-electron chi connectivity index (χ2n) is 5.08. The molecular weight excluding hydrogens is 298 g/mol. The summed E-state index contributed by atoms with van der Waals surface area (Å²) in [5.74, 6) is 0.156. The summed E-state index contributed by atoms with van der Waals surface area (Å²) < 4.78 is 75.5. The van der Waals surface area contributed by atoms with Gasteiger partial charge in [-0.3, -0.25) is 0 Å². The fourth-order valence-electron chi connectivity index (χ4n) is 1.86. The highest BCUT2D eigenvalue weighted by Gasteiger charge is 2.70. The van der Waals surface area contributed by atoms with Gasteiger partial charge in [0.1, 0.15) is 0 Å². The van der Waals surface area contributed by atoms with E-state index in [-0.39, 0.29) is 11.5 Å². The lowest BCUT2D eigenvalue weighted by Crippen LogP contribution is -2.58. The van der Waals surface area contributed by atoms with Crippen molar-refractivity contribution in [1.82, 2.24) is 0 Å². The highest BCUT2D eigenvalue weighted by Crippen LogP contribution is 2.45. The monoisotopic (exact) mass is 314 g/mol. The van der Waals surface area contributed by atoms with E-state index in [0.29, 0.717) is 0 Å². The first kappa shape index (κ1) is 17.8. The van der Waals surface area contributed by atoms with Gasteiger partial charge in [0.15, 0.2) is 0 Å². The van der Waals surface area contributed by atoms with Crippen LogP contribution < -0.4 is 0 Å². The lowest BCUT2D eigenvalue weighted by molar-refractivity contribution is -0.367. The molecule has 120 valence electrons. The first-order valence-corrected chi connectivity index (χ1v) is 6.37. The number of benzene rings is 1. The van der Waals surface area contributed by atoms with E-state index in [9.17, 15) is 26.3 Å². The van der Waals surface area contributed by atoms with E-state index in [1.54, 1.807) is 0 Å². The number of hydrogen-bond acceptors (Lipinski definition) is 1. The minimum atomic E-state index is -5.79. The Morgan fingerprint density at radius 1 is 0.952 bits per heavy atom. The molecule has 0 aliphatic carbocycles. The molecule has 0 radical (unpaired) electrons. The van der Waals surface area contributed by atoms with Crippen molar-refractivity contribution in [1.29, 1.82) is 0 Å². The Balaban J connectivity index is 3.06. The van der Waals surface area contributed by atoms with Gasteiger partial charge in [0, 0.05) is 6.42 Å². The second kappa shape index (κ2) is 5.87. The van der Waals surface area contributed by atoms with Gasteiger partial charge in [-0.2, -0.15) is 26.3 Å². The lowest BCUT2D eigenvalue weighted by atomic mass is 9.91. The van der Waals surface area contributed by atoms with Crippen molar-refractivity contribution in [2.75, 3.05) is 0 Å². The minimum Gasteiger partial charge on any atom is -0.373 e. The van der Waals surface area contributed by atoms with Gasteiger partial charge in [0.2, 0.25) is 0 Å². The molecule has 1 atom stereocenters. The predicted molar refractivity (Wildman–Crippen MR) is 65.9 cm³/mol. The summed E-state index contributed by atoms with van der Waals surface area (Å²) in [4.78, 5) is 0. The first-order valence-electron chi connectivity index (χ1n) is 6.37. The molecule has 0 amide bonds. The van der Waals surface area contributed by atoms with Crippen LogP contribution in [-0.4, -0.2) is 23.1 Å². The van der Waals surface area contributed by atoms with Gasteiger partial charge in [0.25, 0.3) is 5.60 Å². The van der Waals surface area contributed by atoms with Crippen molar-refractivity contribution in [3.05, 3.63) is 35.4 Å². The maximum Gasteiger partial charge on any atom is 0.426 e. The average molecular weight is 314 g/mol. The number of hydrogen-bond donors (Lipinski definition) is 1. The van der Waals surface area contributed by atoms with Gasteiger partial charge in [0.05, 0.1) is 0 Å². The summed E-state index contributed by atoms with van der Waals surface area (Å²) in [7, 11) is 0. The van der Waals surface area contributed by atoms with Crippen molar-refractivity contribution in [2.24, 2.45) is 0 Å². The Kier molecular flexibility index (Phi) is 4.98. The van der Waals surface area contributed by atoms with Crippen LogP contribution in [0.15, 0.2) is 24.3 Å². The molecular formula is C14H16F6O. The van der Waals surface area contributed by atoms with Gasteiger partial charge >= 0.3 is 12.4 Å². The molecule has 21 heavy (non-hydrogen) atoms.